The number of H-pyrrole nitrogens is 2. The van der Waals surface area contributed by atoms with E-state index >= 15 is 0 Å². The molecule has 6 rings (SSSR count). The summed E-state index contributed by atoms with van der Waals surface area (Å²) in [6.07, 6.45) is 6.72. The molecular formula is C25H24ClN7O2. The normalized spacial score (nSPS) is 21.7. The molecule has 1 aromatic carbocycles. The molecule has 1 saturated heterocycles. The minimum absolute atomic E-state index is 0.0472. The fourth-order valence-corrected chi connectivity index (χ4v) is 5.14. The number of imidazole rings is 1. The number of nitrogens with one attached hydrogen (secondary N) is 3. The van der Waals surface area contributed by atoms with E-state index in [0.717, 1.165) is 42.5 Å². The second kappa shape index (κ2) is 8.81. The first-order valence-electron chi connectivity index (χ1n) is 11.8. The number of pyridine rings is 1. The van der Waals surface area contributed by atoms with Gasteiger partial charge in [-0.25, -0.2) is 9.97 Å². The second-order valence-corrected chi connectivity index (χ2v) is 9.60. The molecule has 4 aromatic rings. The number of nitrogens with zero attached hydrogens (tertiary/aromatic N) is 4. The zero-order valence-electron chi connectivity index (χ0n) is 18.9. The number of rotatable bonds is 5. The molecule has 0 spiro atoms. The molecule has 2 aliphatic rings. The summed E-state index contributed by atoms with van der Waals surface area (Å²) in [4.78, 5) is 39.7. The number of aromatic amines is 2. The summed E-state index contributed by atoms with van der Waals surface area (Å²) in [5, 5.41) is 11.0. The van der Waals surface area contributed by atoms with Crippen molar-refractivity contribution in [1.29, 1.82) is 0 Å². The van der Waals surface area contributed by atoms with Crippen LogP contribution in [0.4, 0.5) is 5.82 Å². The zero-order valence-corrected chi connectivity index (χ0v) is 19.6. The number of anilines is 1. The molecule has 0 radical (unpaired) electrons. The minimum Gasteiger partial charge on any atom is -0.344 e. The van der Waals surface area contributed by atoms with Crippen LogP contribution in [-0.4, -0.2) is 48.4 Å². The van der Waals surface area contributed by atoms with Gasteiger partial charge in [0.2, 0.25) is 5.91 Å². The number of hydrogen-bond acceptors (Lipinski definition) is 5. The molecule has 0 bridgehead atoms. The lowest BCUT2D eigenvalue weighted by Crippen LogP contribution is -2.39. The molecule has 1 aliphatic carbocycles. The number of piperidine rings is 1. The summed E-state index contributed by atoms with van der Waals surface area (Å²) < 4.78 is 0. The Kier molecular flexibility index (Phi) is 5.49. The predicted molar refractivity (Wildman–Crippen MR) is 131 cm³/mol. The van der Waals surface area contributed by atoms with E-state index in [4.69, 9.17) is 11.6 Å². The third-order valence-electron chi connectivity index (χ3n) is 6.94. The van der Waals surface area contributed by atoms with Gasteiger partial charge in [0.05, 0.1) is 23.6 Å². The number of hydrogen-bond donors (Lipinski definition) is 3. The van der Waals surface area contributed by atoms with Crippen LogP contribution < -0.4 is 5.32 Å². The number of amides is 2. The van der Waals surface area contributed by atoms with E-state index in [2.05, 4.69) is 30.5 Å². The number of aromatic nitrogens is 5. The highest BCUT2D eigenvalue weighted by Crippen LogP contribution is 2.48. The van der Waals surface area contributed by atoms with Crippen LogP contribution in [-0.2, 0) is 4.79 Å². The Morgan fingerprint density at radius 2 is 1.97 bits per heavy atom. The van der Waals surface area contributed by atoms with E-state index in [1.165, 1.54) is 0 Å². The van der Waals surface area contributed by atoms with Crippen molar-refractivity contribution < 1.29 is 9.59 Å². The van der Waals surface area contributed by atoms with Gasteiger partial charge in [0.1, 0.15) is 5.52 Å². The van der Waals surface area contributed by atoms with Crippen molar-refractivity contribution in [3.05, 3.63) is 70.9 Å². The van der Waals surface area contributed by atoms with Gasteiger partial charge in [-0.05, 0) is 55.4 Å². The summed E-state index contributed by atoms with van der Waals surface area (Å²) in [5.41, 5.74) is 3.60. The third-order valence-corrected chi connectivity index (χ3v) is 7.19. The smallest absolute Gasteiger partial charge is 0.275 e. The molecule has 35 heavy (non-hydrogen) atoms. The molecule has 3 aromatic heterocycles. The van der Waals surface area contributed by atoms with Gasteiger partial charge < -0.3 is 15.2 Å². The zero-order chi connectivity index (χ0) is 23.9. The molecule has 10 heteroatoms. The molecular weight excluding hydrogens is 466 g/mol. The van der Waals surface area contributed by atoms with Crippen molar-refractivity contribution in [2.75, 3.05) is 11.9 Å². The lowest BCUT2D eigenvalue weighted by molar-refractivity contribution is -0.117. The summed E-state index contributed by atoms with van der Waals surface area (Å²) in [6.45, 7) is 0.623. The Balaban J connectivity index is 1.16. The average molecular weight is 490 g/mol. The summed E-state index contributed by atoms with van der Waals surface area (Å²) in [6, 6.07) is 11.1. The Labute approximate surface area is 206 Å². The molecule has 2 fully saturated rings. The number of halogens is 1. The van der Waals surface area contributed by atoms with E-state index in [9.17, 15) is 9.59 Å². The summed E-state index contributed by atoms with van der Waals surface area (Å²) in [7, 11) is 0. The lowest BCUT2D eigenvalue weighted by atomic mass is 9.98. The largest absolute Gasteiger partial charge is 0.344 e. The van der Waals surface area contributed by atoms with E-state index < -0.39 is 0 Å². The van der Waals surface area contributed by atoms with Crippen LogP contribution in [0.15, 0.2) is 48.9 Å². The molecule has 3 atom stereocenters. The molecule has 3 N–H and O–H groups in total. The van der Waals surface area contributed by atoms with Crippen LogP contribution in [0.5, 0.6) is 0 Å². The molecule has 1 saturated carbocycles. The molecule has 178 valence electrons. The first kappa shape index (κ1) is 21.8. The minimum atomic E-state index is -0.173. The number of benzene rings is 1. The van der Waals surface area contributed by atoms with Crippen LogP contribution in [0.1, 0.15) is 59.4 Å². The van der Waals surface area contributed by atoms with Gasteiger partial charge in [-0.15, -0.1) is 0 Å². The van der Waals surface area contributed by atoms with E-state index in [1.54, 1.807) is 18.6 Å². The monoisotopic (exact) mass is 489 g/mol. The Hall–Kier alpha value is -3.72. The molecule has 4 heterocycles. The maximum absolute atomic E-state index is 13.5. The maximum atomic E-state index is 13.5. The van der Waals surface area contributed by atoms with Crippen molar-refractivity contribution in [1.82, 2.24) is 30.0 Å². The molecule has 3 unspecified atom stereocenters. The Bertz CT molecular complexity index is 1400. The van der Waals surface area contributed by atoms with Crippen molar-refractivity contribution >= 4 is 40.3 Å². The number of fused-ring (bicyclic) bond motifs is 1. The second-order valence-electron chi connectivity index (χ2n) is 9.17. The van der Waals surface area contributed by atoms with Crippen LogP contribution in [0.25, 0.3) is 11.0 Å². The number of likely N-dealkylation sites (tertiary alicyclic amines) is 1. The number of carbonyl (C=O) groups is 2. The van der Waals surface area contributed by atoms with E-state index in [0.29, 0.717) is 28.6 Å². The first-order chi connectivity index (χ1) is 17.1. The van der Waals surface area contributed by atoms with Crippen molar-refractivity contribution in [3.63, 3.8) is 0 Å². The van der Waals surface area contributed by atoms with Crippen LogP contribution in [0, 0.1) is 5.92 Å². The van der Waals surface area contributed by atoms with Gasteiger partial charge in [-0.1, -0.05) is 23.7 Å². The van der Waals surface area contributed by atoms with Gasteiger partial charge >= 0.3 is 0 Å². The predicted octanol–water partition coefficient (Wildman–Crippen LogP) is 4.44. The number of carbonyl (C=O) groups excluding carboxylic acids is 2. The summed E-state index contributed by atoms with van der Waals surface area (Å²) >= 11 is 5.97. The van der Waals surface area contributed by atoms with Crippen LogP contribution >= 0.6 is 11.6 Å². The summed E-state index contributed by atoms with van der Waals surface area (Å²) in [5.74, 6) is 0.390. The van der Waals surface area contributed by atoms with Crippen molar-refractivity contribution in [3.8, 4) is 0 Å². The highest BCUT2D eigenvalue weighted by Gasteiger charge is 2.44. The average Bonchev–Trinajstić information content (AvgIpc) is 3.30. The topological polar surface area (TPSA) is 120 Å². The van der Waals surface area contributed by atoms with Gasteiger partial charge in [-0.2, -0.15) is 5.10 Å². The lowest BCUT2D eigenvalue weighted by Gasteiger charge is -2.34. The fourth-order valence-electron chi connectivity index (χ4n) is 5.01. The van der Waals surface area contributed by atoms with E-state index in [1.807, 2.05) is 35.2 Å². The van der Waals surface area contributed by atoms with Crippen molar-refractivity contribution in [2.45, 2.75) is 37.6 Å². The first-order valence-corrected chi connectivity index (χ1v) is 12.2. The standard InChI is InChI=1S/C25H24ClN7O2/c26-15-6-4-14(5-7-15)16-11-17(16)24(34)30-21-12-19(31-32-21)20-3-1-2-10-33(20)25(35)23-22-18(8-9-27-23)28-13-29-22/h4-9,12-13,16-17,20H,1-3,10-11H2,(H,28,29)(H2,30,31,32,34). The van der Waals surface area contributed by atoms with Crippen LogP contribution in [0.3, 0.4) is 0 Å². The Morgan fingerprint density at radius 1 is 1.11 bits per heavy atom. The maximum Gasteiger partial charge on any atom is 0.275 e. The van der Waals surface area contributed by atoms with Gasteiger partial charge in [0, 0.05) is 29.7 Å². The molecule has 2 amide bonds. The van der Waals surface area contributed by atoms with Crippen molar-refractivity contribution in [2.24, 2.45) is 5.92 Å². The van der Waals surface area contributed by atoms with Gasteiger partial charge in [0.25, 0.3) is 5.91 Å². The van der Waals surface area contributed by atoms with Gasteiger partial charge in [0.15, 0.2) is 11.5 Å². The van der Waals surface area contributed by atoms with Gasteiger partial charge in [-0.3, -0.25) is 14.7 Å². The highest BCUT2D eigenvalue weighted by atomic mass is 35.5. The fraction of sp³-hybridized carbons (Fsp3) is 0.320. The molecule has 9 nitrogen and oxygen atoms in total. The third kappa shape index (κ3) is 4.16. The SMILES string of the molecule is O=C(Nc1cc(C2CCCCN2C(=O)c2nccc3[nH]cnc23)[nH]n1)C1CC1c1ccc(Cl)cc1. The molecule has 1 aliphatic heterocycles. The van der Waals surface area contributed by atoms with E-state index in [-0.39, 0.29) is 29.7 Å². The quantitative estimate of drug-likeness (QED) is 0.382. The van der Waals surface area contributed by atoms with Crippen LogP contribution in [0.2, 0.25) is 5.02 Å². The Morgan fingerprint density at radius 3 is 2.83 bits per heavy atom. The highest BCUT2D eigenvalue weighted by molar-refractivity contribution is 6.30.